The van der Waals surface area contributed by atoms with Gasteiger partial charge in [0.15, 0.2) is 5.82 Å². The Hall–Kier alpha value is -2.47. The zero-order valence-electron chi connectivity index (χ0n) is 18.0. The van der Waals surface area contributed by atoms with Crippen LogP contribution in [0.25, 0.3) is 0 Å². The zero-order valence-corrected chi connectivity index (χ0v) is 20.3. The Kier molecular flexibility index (Phi) is 5.68. The number of hydrogen-bond donors (Lipinski definition) is 4. The summed E-state index contributed by atoms with van der Waals surface area (Å²) >= 11 is 9.03. The Bertz CT molecular complexity index is 1230. The van der Waals surface area contributed by atoms with Crippen molar-refractivity contribution in [2.75, 3.05) is 36.0 Å². The molecule has 0 radical (unpaired) electrons. The fraction of sp³-hybridized carbons (Fsp3) is 0.381. The van der Waals surface area contributed by atoms with Gasteiger partial charge in [-0.25, -0.2) is 19.9 Å². The molecular weight excluding hydrogens is 478 g/mol. The summed E-state index contributed by atoms with van der Waals surface area (Å²) < 4.78 is 0. The summed E-state index contributed by atoms with van der Waals surface area (Å²) in [6, 6.07) is 1.70. The number of nitrogens with two attached hydrogens (primary N) is 3. The van der Waals surface area contributed by atoms with Crippen molar-refractivity contribution in [1.29, 1.82) is 5.41 Å². The fourth-order valence-corrected chi connectivity index (χ4v) is 7.02. The van der Waals surface area contributed by atoms with E-state index < -0.39 is 0 Å². The van der Waals surface area contributed by atoms with Crippen molar-refractivity contribution in [2.24, 2.45) is 17.6 Å². The molecule has 1 saturated carbocycles. The standard InChI is InChI=1S/C21H24ClN9S2/c1-10-8-32-20(29-10)21(9-23)11-3-5-31(7-12(11)21)14-6-28-16(18(25)30-14)19(26)33-13-2-4-27-17(24)15(13)22/h2,4,6,8,11-12,26H,3,5,7,9,23H2,1H3,(H2,24,27)(H2,25,30). The normalized spacial score (nSPS) is 23.9. The molecule has 0 aromatic carbocycles. The minimum Gasteiger partial charge on any atom is -0.382 e. The number of hydrogen-bond acceptors (Lipinski definition) is 11. The third-order valence-corrected chi connectivity index (χ3v) is 9.22. The van der Waals surface area contributed by atoms with Gasteiger partial charge in [0.05, 0.1) is 11.2 Å². The van der Waals surface area contributed by atoms with Gasteiger partial charge in [-0.3, -0.25) is 5.41 Å². The first-order valence-electron chi connectivity index (χ1n) is 10.5. The molecule has 1 saturated heterocycles. The van der Waals surface area contributed by atoms with Crippen LogP contribution in [0.5, 0.6) is 0 Å². The van der Waals surface area contributed by atoms with Crippen LogP contribution in [0.3, 0.4) is 0 Å². The summed E-state index contributed by atoms with van der Waals surface area (Å²) in [4.78, 5) is 20.6. The number of aromatic nitrogens is 4. The Labute approximate surface area is 204 Å². The molecule has 0 amide bonds. The van der Waals surface area contributed by atoms with Crippen molar-refractivity contribution in [3.63, 3.8) is 0 Å². The van der Waals surface area contributed by atoms with E-state index in [-0.39, 0.29) is 22.1 Å². The van der Waals surface area contributed by atoms with Gasteiger partial charge < -0.3 is 22.1 Å². The number of aryl methyl sites for hydroxylation is 1. The molecule has 1 aliphatic heterocycles. The Morgan fingerprint density at radius 1 is 1.30 bits per heavy atom. The van der Waals surface area contributed by atoms with Gasteiger partial charge >= 0.3 is 0 Å². The number of fused-ring (bicyclic) bond motifs is 1. The first-order chi connectivity index (χ1) is 15.8. The lowest BCUT2D eigenvalue weighted by Crippen LogP contribution is -2.33. The van der Waals surface area contributed by atoms with Crippen molar-refractivity contribution in [3.8, 4) is 0 Å². The van der Waals surface area contributed by atoms with Crippen LogP contribution in [-0.2, 0) is 5.41 Å². The highest BCUT2D eigenvalue weighted by Crippen LogP contribution is 2.63. The third kappa shape index (κ3) is 3.72. The summed E-state index contributed by atoms with van der Waals surface area (Å²) in [7, 11) is 0. The van der Waals surface area contributed by atoms with Gasteiger partial charge in [-0.1, -0.05) is 23.4 Å². The molecule has 12 heteroatoms. The second-order valence-electron chi connectivity index (χ2n) is 8.39. The van der Waals surface area contributed by atoms with E-state index in [2.05, 4.69) is 25.2 Å². The number of piperidine rings is 1. The van der Waals surface area contributed by atoms with Crippen molar-refractivity contribution >= 4 is 57.2 Å². The molecule has 2 fully saturated rings. The molecule has 33 heavy (non-hydrogen) atoms. The molecule has 3 atom stereocenters. The van der Waals surface area contributed by atoms with Gasteiger partial charge in [-0.2, -0.15) is 0 Å². The largest absolute Gasteiger partial charge is 0.382 e. The number of nitrogens with one attached hydrogen (secondary N) is 1. The summed E-state index contributed by atoms with van der Waals surface area (Å²) in [5.41, 5.74) is 19.6. The van der Waals surface area contributed by atoms with Gasteiger partial charge in [-0.05, 0) is 31.2 Å². The lowest BCUT2D eigenvalue weighted by Gasteiger charge is -2.27. The van der Waals surface area contributed by atoms with E-state index >= 15 is 0 Å². The Morgan fingerprint density at radius 3 is 2.82 bits per heavy atom. The molecule has 5 rings (SSSR count). The van der Waals surface area contributed by atoms with Crippen molar-refractivity contribution < 1.29 is 0 Å². The molecule has 172 valence electrons. The topological polar surface area (TPSA) is 157 Å². The number of rotatable bonds is 5. The SMILES string of the molecule is Cc1csc(C2(CN)C3CCN(c4cnc(C(=N)Sc5ccnc(N)c5Cl)c(N)n4)CC32)n1. The highest BCUT2D eigenvalue weighted by molar-refractivity contribution is 8.14. The smallest absolute Gasteiger partial charge is 0.154 e. The van der Waals surface area contributed by atoms with Crippen LogP contribution in [0.2, 0.25) is 5.02 Å². The van der Waals surface area contributed by atoms with E-state index in [1.807, 2.05) is 6.92 Å². The van der Waals surface area contributed by atoms with E-state index in [9.17, 15) is 0 Å². The van der Waals surface area contributed by atoms with Gasteiger partial charge in [-0.15, -0.1) is 11.3 Å². The summed E-state index contributed by atoms with van der Waals surface area (Å²) in [5, 5.41) is 12.1. The number of pyridine rings is 1. The number of thiazole rings is 1. The van der Waals surface area contributed by atoms with Crippen molar-refractivity contribution in [3.05, 3.63) is 45.3 Å². The Morgan fingerprint density at radius 2 is 2.12 bits per heavy atom. The van der Waals surface area contributed by atoms with Crippen LogP contribution in [0.1, 0.15) is 22.8 Å². The maximum Gasteiger partial charge on any atom is 0.154 e. The second kappa shape index (κ2) is 8.39. The van der Waals surface area contributed by atoms with Gasteiger partial charge in [0.1, 0.15) is 27.4 Å². The van der Waals surface area contributed by atoms with Gasteiger partial charge in [0.25, 0.3) is 0 Å². The second-order valence-corrected chi connectivity index (χ2v) is 10.7. The number of nitrogen functional groups attached to an aromatic ring is 2. The molecule has 0 spiro atoms. The minimum absolute atomic E-state index is 0.0307. The molecule has 0 bridgehead atoms. The summed E-state index contributed by atoms with van der Waals surface area (Å²) in [5.74, 6) is 2.14. The lowest BCUT2D eigenvalue weighted by molar-refractivity contribution is 0.545. The number of halogens is 1. The monoisotopic (exact) mass is 501 g/mol. The fourth-order valence-electron chi connectivity index (χ4n) is 4.86. The molecule has 4 heterocycles. The van der Waals surface area contributed by atoms with Crippen LogP contribution in [-0.4, -0.2) is 44.6 Å². The molecule has 7 N–H and O–H groups in total. The van der Waals surface area contributed by atoms with Gasteiger partial charge in [0.2, 0.25) is 0 Å². The molecule has 2 aliphatic rings. The third-order valence-electron chi connectivity index (χ3n) is 6.60. The highest BCUT2D eigenvalue weighted by Gasteiger charge is 2.67. The quantitative estimate of drug-likeness (QED) is 0.234. The molecule has 3 aromatic heterocycles. The van der Waals surface area contributed by atoms with Crippen molar-refractivity contribution in [1.82, 2.24) is 19.9 Å². The summed E-state index contributed by atoms with van der Waals surface area (Å²) in [6.45, 7) is 4.33. The van der Waals surface area contributed by atoms with Crippen LogP contribution >= 0.6 is 34.7 Å². The number of thioether (sulfide) groups is 1. The van der Waals surface area contributed by atoms with Gasteiger partial charge in [0, 0.05) is 47.2 Å². The molecule has 3 aromatic rings. The van der Waals surface area contributed by atoms with Crippen LogP contribution in [0.4, 0.5) is 17.5 Å². The van der Waals surface area contributed by atoms with E-state index in [1.165, 1.54) is 0 Å². The zero-order chi connectivity index (χ0) is 23.3. The van der Waals surface area contributed by atoms with Crippen LogP contribution in [0.15, 0.2) is 28.7 Å². The van der Waals surface area contributed by atoms with Crippen LogP contribution < -0.4 is 22.1 Å². The summed E-state index contributed by atoms with van der Waals surface area (Å²) in [6.07, 6.45) is 4.26. The predicted octanol–water partition coefficient (Wildman–Crippen LogP) is 2.92. The maximum absolute atomic E-state index is 8.43. The molecule has 9 nitrogen and oxygen atoms in total. The van der Waals surface area contributed by atoms with E-state index in [1.54, 1.807) is 29.8 Å². The average Bonchev–Trinajstić information content (AvgIpc) is 3.26. The van der Waals surface area contributed by atoms with E-state index in [0.29, 0.717) is 39.8 Å². The maximum atomic E-state index is 8.43. The highest BCUT2D eigenvalue weighted by atomic mass is 35.5. The first kappa shape index (κ1) is 22.3. The first-order valence-corrected chi connectivity index (χ1v) is 12.6. The van der Waals surface area contributed by atoms with Crippen LogP contribution in [0, 0.1) is 24.2 Å². The Balaban J connectivity index is 1.32. The van der Waals surface area contributed by atoms with E-state index in [0.717, 1.165) is 42.0 Å². The molecule has 1 aliphatic carbocycles. The molecular formula is C21H24ClN9S2. The number of nitrogens with zero attached hydrogens (tertiary/aromatic N) is 5. The number of anilines is 3. The average molecular weight is 502 g/mol. The van der Waals surface area contributed by atoms with Crippen molar-refractivity contribution in [2.45, 2.75) is 23.7 Å². The minimum atomic E-state index is -0.0307. The molecule has 3 unspecified atom stereocenters. The predicted molar refractivity (Wildman–Crippen MR) is 134 cm³/mol. The van der Waals surface area contributed by atoms with E-state index in [4.69, 9.17) is 39.2 Å². The lowest BCUT2D eigenvalue weighted by atomic mass is 10.0.